The molecule has 0 spiro atoms. The van der Waals surface area contributed by atoms with Crippen molar-refractivity contribution in [2.45, 2.75) is 19.3 Å². The lowest BCUT2D eigenvalue weighted by Crippen LogP contribution is -2.46. The number of carbonyl (C=O) groups excluding carboxylic acids is 2. The average molecular weight is 457 g/mol. The molecule has 0 radical (unpaired) electrons. The molecular formula is C27H23NO6. The third-order valence-corrected chi connectivity index (χ3v) is 5.80. The molecule has 172 valence electrons. The number of hydrogen-bond donors (Lipinski definition) is 0. The first kappa shape index (κ1) is 22.9. The number of ether oxygens (including phenoxy) is 2. The highest BCUT2D eigenvalue weighted by Crippen LogP contribution is 2.54. The zero-order chi connectivity index (χ0) is 24.3. The summed E-state index contributed by atoms with van der Waals surface area (Å²) in [5.41, 5.74) is 1.11. The average Bonchev–Trinajstić information content (AvgIpc) is 3.17. The molecule has 0 unspecified atom stereocenters. The Bertz CT molecular complexity index is 1280. The van der Waals surface area contributed by atoms with E-state index in [9.17, 15) is 19.7 Å². The fourth-order valence-corrected chi connectivity index (χ4v) is 4.51. The maximum Gasteiger partial charge on any atom is 0.332 e. The van der Waals surface area contributed by atoms with Gasteiger partial charge in [0.05, 0.1) is 18.1 Å². The topological polar surface area (TPSA) is 95.7 Å². The van der Waals surface area contributed by atoms with E-state index in [-0.39, 0.29) is 18.9 Å². The van der Waals surface area contributed by atoms with Gasteiger partial charge in [-0.2, -0.15) is 0 Å². The molecule has 0 bridgehead atoms. The van der Waals surface area contributed by atoms with Crippen molar-refractivity contribution >= 4 is 28.8 Å². The number of fused-ring (bicyclic) bond motifs is 1. The monoisotopic (exact) mass is 457 g/mol. The van der Waals surface area contributed by atoms with E-state index in [0.717, 1.165) is 0 Å². The molecule has 0 N–H and O–H groups in total. The van der Waals surface area contributed by atoms with Crippen molar-refractivity contribution in [1.29, 1.82) is 0 Å². The highest BCUT2D eigenvalue weighted by atomic mass is 16.6. The van der Waals surface area contributed by atoms with E-state index < -0.39 is 22.3 Å². The summed E-state index contributed by atoms with van der Waals surface area (Å²) < 4.78 is 10.9. The Labute approximate surface area is 196 Å². The number of nitrogens with zero attached hydrogens (tertiary/aromatic N) is 1. The van der Waals surface area contributed by atoms with Crippen LogP contribution in [0.3, 0.4) is 0 Å². The summed E-state index contributed by atoms with van der Waals surface area (Å²) in [4.78, 5) is 38.5. The van der Waals surface area contributed by atoms with Crippen LogP contribution in [0.1, 0.15) is 36.1 Å². The largest absolute Gasteiger partial charge is 0.465 e. The molecule has 0 saturated heterocycles. The van der Waals surface area contributed by atoms with E-state index in [0.29, 0.717) is 33.4 Å². The van der Waals surface area contributed by atoms with Crippen LogP contribution in [0.25, 0.3) is 11.1 Å². The molecular weight excluding hydrogens is 434 g/mol. The van der Waals surface area contributed by atoms with E-state index in [1.807, 2.05) is 6.07 Å². The Morgan fingerprint density at radius 2 is 1.41 bits per heavy atom. The molecule has 7 nitrogen and oxygen atoms in total. The fraction of sp³-hybridized carbons (Fsp3) is 0.185. The molecule has 0 amide bonds. The van der Waals surface area contributed by atoms with E-state index in [4.69, 9.17) is 9.47 Å². The molecule has 0 saturated carbocycles. The van der Waals surface area contributed by atoms with Gasteiger partial charge in [0.2, 0.25) is 5.41 Å². The Morgan fingerprint density at radius 3 is 2.03 bits per heavy atom. The smallest absolute Gasteiger partial charge is 0.332 e. The van der Waals surface area contributed by atoms with Crippen molar-refractivity contribution < 1.29 is 24.0 Å². The number of nitro groups is 1. The van der Waals surface area contributed by atoms with Gasteiger partial charge in [0.25, 0.3) is 5.69 Å². The van der Waals surface area contributed by atoms with Crippen LogP contribution in [-0.2, 0) is 24.5 Å². The molecule has 1 aliphatic rings. The number of non-ortho nitro benzene ring substituents is 1. The van der Waals surface area contributed by atoms with Gasteiger partial charge in [0, 0.05) is 17.7 Å². The van der Waals surface area contributed by atoms with E-state index in [2.05, 4.69) is 0 Å². The van der Waals surface area contributed by atoms with Gasteiger partial charge in [-0.3, -0.25) is 19.7 Å². The van der Waals surface area contributed by atoms with Crippen molar-refractivity contribution in [3.05, 3.63) is 111 Å². The maximum atomic E-state index is 13.7. The minimum Gasteiger partial charge on any atom is -0.465 e. The summed E-state index contributed by atoms with van der Waals surface area (Å²) in [5, 5.41) is 11.5. The summed E-state index contributed by atoms with van der Waals surface area (Å²) in [7, 11) is 0. The van der Waals surface area contributed by atoms with E-state index in [1.165, 1.54) is 12.1 Å². The van der Waals surface area contributed by atoms with Crippen molar-refractivity contribution in [1.82, 2.24) is 0 Å². The molecule has 3 aromatic carbocycles. The minimum absolute atomic E-state index is 0.0658. The van der Waals surface area contributed by atoms with Gasteiger partial charge in [0.1, 0.15) is 0 Å². The second-order valence-corrected chi connectivity index (χ2v) is 7.66. The first-order chi connectivity index (χ1) is 16.5. The summed E-state index contributed by atoms with van der Waals surface area (Å²) in [6.07, 6.45) is 0. The summed E-state index contributed by atoms with van der Waals surface area (Å²) in [6, 6.07) is 22.2. The van der Waals surface area contributed by atoms with Crippen LogP contribution in [-0.4, -0.2) is 30.1 Å². The molecule has 0 atom stereocenters. The van der Waals surface area contributed by atoms with Crippen molar-refractivity contribution in [2.75, 3.05) is 13.2 Å². The summed E-state index contributed by atoms with van der Waals surface area (Å²) in [6.45, 7) is 3.47. The normalized spacial score (nSPS) is 13.8. The lowest BCUT2D eigenvalue weighted by Gasteiger charge is -2.29. The van der Waals surface area contributed by atoms with E-state index >= 15 is 0 Å². The standard InChI is InChI=1S/C27H23NO6/c1-3-33-25(29)27(26(30)34-4-2)22-16-9-8-15-21(22)23(24(27)18-11-6-5-7-12-18)19-13-10-14-20(17-19)28(31)32/h5-17H,3-4H2,1-2H3. The number of rotatable bonds is 7. The van der Waals surface area contributed by atoms with Crippen LogP contribution < -0.4 is 0 Å². The quantitative estimate of drug-likeness (QED) is 0.216. The summed E-state index contributed by atoms with van der Waals surface area (Å²) >= 11 is 0. The fourth-order valence-electron chi connectivity index (χ4n) is 4.51. The number of benzene rings is 3. The van der Waals surface area contributed by atoms with Crippen molar-refractivity contribution in [2.24, 2.45) is 0 Å². The first-order valence-corrected chi connectivity index (χ1v) is 11.0. The van der Waals surface area contributed by atoms with Crippen LogP contribution in [0, 0.1) is 10.1 Å². The zero-order valence-electron chi connectivity index (χ0n) is 18.8. The van der Waals surface area contributed by atoms with Gasteiger partial charge in [-0.05, 0) is 41.7 Å². The van der Waals surface area contributed by atoms with Gasteiger partial charge in [0.15, 0.2) is 0 Å². The number of esters is 2. The number of hydrogen-bond acceptors (Lipinski definition) is 6. The Morgan fingerprint density at radius 1 is 0.824 bits per heavy atom. The third-order valence-electron chi connectivity index (χ3n) is 5.80. The second kappa shape index (κ2) is 9.31. The second-order valence-electron chi connectivity index (χ2n) is 7.66. The SMILES string of the molecule is CCOC(=O)C1(C(=O)OCC)C(c2ccccc2)=C(c2cccc([N+](=O)[O-])c2)c2ccccc21. The molecule has 3 aromatic rings. The van der Waals surface area contributed by atoms with Gasteiger partial charge in [-0.1, -0.05) is 66.7 Å². The maximum absolute atomic E-state index is 13.7. The van der Waals surface area contributed by atoms with Gasteiger partial charge < -0.3 is 9.47 Å². The number of carbonyl (C=O) groups is 2. The summed E-state index contributed by atoms with van der Waals surface area (Å²) in [5.74, 6) is -1.50. The lowest BCUT2D eigenvalue weighted by atomic mass is 9.74. The first-order valence-electron chi connectivity index (χ1n) is 11.0. The molecule has 7 heteroatoms. The van der Waals surface area contributed by atoms with Crippen molar-refractivity contribution in [3.63, 3.8) is 0 Å². The molecule has 34 heavy (non-hydrogen) atoms. The van der Waals surface area contributed by atoms with Crippen LogP contribution in [0.15, 0.2) is 78.9 Å². The van der Waals surface area contributed by atoms with Gasteiger partial charge >= 0.3 is 11.9 Å². The minimum atomic E-state index is -1.88. The predicted octanol–water partition coefficient (Wildman–Crippen LogP) is 4.93. The Kier molecular flexibility index (Phi) is 6.27. The predicted molar refractivity (Wildman–Crippen MR) is 127 cm³/mol. The molecule has 0 heterocycles. The molecule has 0 aromatic heterocycles. The Hall–Kier alpha value is -4.26. The number of nitro benzene ring substituents is 1. The van der Waals surface area contributed by atoms with Crippen molar-refractivity contribution in [3.8, 4) is 0 Å². The third kappa shape index (κ3) is 3.55. The van der Waals surface area contributed by atoms with Gasteiger partial charge in [-0.25, -0.2) is 0 Å². The van der Waals surface area contributed by atoms with Crippen LogP contribution >= 0.6 is 0 Å². The molecule has 4 rings (SSSR count). The molecule has 1 aliphatic carbocycles. The highest BCUT2D eigenvalue weighted by molar-refractivity contribution is 6.27. The lowest BCUT2D eigenvalue weighted by molar-refractivity contribution is -0.384. The molecule has 0 aliphatic heterocycles. The van der Waals surface area contributed by atoms with Crippen LogP contribution in [0.4, 0.5) is 5.69 Å². The van der Waals surface area contributed by atoms with Gasteiger partial charge in [-0.15, -0.1) is 0 Å². The molecule has 0 fully saturated rings. The Balaban J connectivity index is 2.18. The zero-order valence-corrected chi connectivity index (χ0v) is 18.8. The van der Waals surface area contributed by atoms with E-state index in [1.54, 1.807) is 74.5 Å². The van der Waals surface area contributed by atoms with Crippen LogP contribution in [0.5, 0.6) is 0 Å². The van der Waals surface area contributed by atoms with Crippen LogP contribution in [0.2, 0.25) is 0 Å². The highest BCUT2D eigenvalue weighted by Gasteiger charge is 2.59.